The first-order valence-electron chi connectivity index (χ1n) is 29.2. The zero-order chi connectivity index (χ0) is 55.0. The number of hydrogen-bond donors (Lipinski definition) is 0. The lowest BCUT2D eigenvalue weighted by Gasteiger charge is -2.37. The molecule has 2 fully saturated rings. The molecule has 410 valence electrons. The van der Waals surface area contributed by atoms with Gasteiger partial charge in [-0.1, -0.05) is 93.5 Å². The topological polar surface area (TPSA) is 140 Å². The normalized spacial score (nSPS) is 17.4. The summed E-state index contributed by atoms with van der Waals surface area (Å²) in [6.45, 7) is 2.01. The van der Waals surface area contributed by atoms with E-state index in [1.54, 1.807) is 48.5 Å². The molecule has 80 heavy (non-hydrogen) atoms. The van der Waals surface area contributed by atoms with Gasteiger partial charge in [-0.15, -0.1) is 0 Å². The molecule has 4 amide bonds. The fourth-order valence-electron chi connectivity index (χ4n) is 12.4. The van der Waals surface area contributed by atoms with Crippen LogP contribution in [0.4, 0.5) is 17.1 Å². The standard InChI is InChI=1S/C68H70N4O8/c73-63-61(47-27-31-51(32-28-47)71(49-19-7-5-8-20-49)53-35-39-55(40-36-53)79-45-17-3-1-15-43-69-65(75)57-23-11-12-24-58(57)66(69)76)64(74)62(63)48-29-33-52(34-30-48)72(50-21-9-6-10-22-50)54-37-41-56(42-38-54)80-46-18-4-2-16-44-70-67(77)59-25-13-14-26-60(59)68(70)78/h11-14,23-42,49-50H,1-10,15-22,43-46H2. The first-order valence-corrected chi connectivity index (χ1v) is 29.2. The van der Waals surface area contributed by atoms with E-state index in [9.17, 15) is 29.1 Å². The van der Waals surface area contributed by atoms with Gasteiger partial charge in [-0.25, -0.2) is 0 Å². The molecule has 5 aromatic rings. The number of ether oxygens (including phenoxy) is 2. The van der Waals surface area contributed by atoms with E-state index in [1.165, 1.54) is 48.3 Å². The second-order valence-electron chi connectivity index (χ2n) is 22.0. The molecule has 2 aliphatic heterocycles. The molecule has 4 aliphatic carbocycles. The number of benzene rings is 5. The van der Waals surface area contributed by atoms with E-state index >= 15 is 0 Å². The Labute approximate surface area is 469 Å². The molecule has 6 aliphatic rings. The Morgan fingerprint density at radius 3 is 1.39 bits per heavy atom. The zero-order valence-electron chi connectivity index (χ0n) is 45.6. The zero-order valence-corrected chi connectivity index (χ0v) is 45.6. The second-order valence-corrected chi connectivity index (χ2v) is 22.0. The molecular weight excluding hydrogens is 1000 g/mol. The predicted octanol–water partition coefficient (Wildman–Crippen LogP) is 12.8. The van der Waals surface area contributed by atoms with Gasteiger partial charge in [-0.2, -0.15) is 4.58 Å². The van der Waals surface area contributed by atoms with Crippen molar-refractivity contribution < 1.29 is 43.1 Å². The van der Waals surface area contributed by atoms with Crippen LogP contribution in [0.15, 0.2) is 163 Å². The van der Waals surface area contributed by atoms with Gasteiger partial charge in [0.05, 0.1) is 35.5 Å². The predicted molar refractivity (Wildman–Crippen MR) is 309 cm³/mol. The third-order valence-electron chi connectivity index (χ3n) is 16.7. The Kier molecular flexibility index (Phi) is 16.8. The van der Waals surface area contributed by atoms with Gasteiger partial charge >= 0.3 is 0 Å². The molecule has 2 heterocycles. The molecule has 0 bridgehead atoms. The fraction of sp³-hybridized carbons (Fsp3) is 0.353. The van der Waals surface area contributed by atoms with Crippen molar-refractivity contribution in [2.24, 2.45) is 0 Å². The lowest BCUT2D eigenvalue weighted by Crippen LogP contribution is -2.33. The van der Waals surface area contributed by atoms with Crippen LogP contribution in [0.2, 0.25) is 0 Å². The summed E-state index contributed by atoms with van der Waals surface area (Å²) in [5.41, 5.74) is 7.87. The molecule has 0 atom stereocenters. The fourth-order valence-corrected chi connectivity index (χ4v) is 12.4. The molecule has 0 saturated heterocycles. The highest BCUT2D eigenvalue weighted by Crippen LogP contribution is 2.41. The number of allylic oxidation sites excluding steroid dienone is 7. The van der Waals surface area contributed by atoms with E-state index in [2.05, 4.69) is 33.7 Å². The number of Topliss-reactive ketones (excluding diaryl/α,β-unsaturated/α-hetero) is 1. The number of unbranched alkanes of at least 4 members (excludes halogenated alkanes) is 6. The summed E-state index contributed by atoms with van der Waals surface area (Å²) in [7, 11) is 0. The average molecular weight is 1070 g/mol. The van der Waals surface area contributed by atoms with E-state index in [1.807, 2.05) is 72.8 Å². The van der Waals surface area contributed by atoms with Crippen LogP contribution in [-0.2, 0) is 4.79 Å². The lowest BCUT2D eigenvalue weighted by atomic mass is 9.80. The third-order valence-corrected chi connectivity index (χ3v) is 16.7. The summed E-state index contributed by atoms with van der Waals surface area (Å²) in [5, 5.41) is 13.9. The molecule has 0 N–H and O–H groups in total. The maximum absolute atomic E-state index is 13.9. The van der Waals surface area contributed by atoms with Gasteiger partial charge in [0.2, 0.25) is 11.4 Å². The van der Waals surface area contributed by atoms with Gasteiger partial charge in [-0.05, 0) is 147 Å². The van der Waals surface area contributed by atoms with E-state index in [4.69, 9.17) is 9.47 Å². The molecule has 0 radical (unpaired) electrons. The number of nitrogens with zero attached hydrogens (tertiary/aromatic N) is 4. The van der Waals surface area contributed by atoms with Crippen molar-refractivity contribution in [1.82, 2.24) is 9.80 Å². The van der Waals surface area contributed by atoms with Crippen LogP contribution in [0.1, 0.15) is 163 Å². The van der Waals surface area contributed by atoms with Crippen molar-refractivity contribution in [3.63, 3.8) is 0 Å². The summed E-state index contributed by atoms with van der Waals surface area (Å²) in [4.78, 5) is 69.8. The van der Waals surface area contributed by atoms with Crippen molar-refractivity contribution in [2.45, 2.75) is 128 Å². The maximum atomic E-state index is 13.9. The molecule has 0 aromatic heterocycles. The molecule has 0 unspecified atom stereocenters. The monoisotopic (exact) mass is 1070 g/mol. The summed E-state index contributed by atoms with van der Waals surface area (Å²) in [6.07, 6.45) is 26.3. The van der Waals surface area contributed by atoms with Crippen LogP contribution in [0.3, 0.4) is 0 Å². The van der Waals surface area contributed by atoms with Gasteiger partial charge < -0.3 is 19.5 Å². The number of rotatable bonds is 22. The SMILES string of the molecule is O=C1C(=C2C=CC(=[N+](c3ccc(OCCCCCCN4C(=O)c5ccccc5C4=O)cc3)C3CCCCC3)C=C2)C([O-])=C1c1ccc(N(c2ccc(OCCCCCCN3C(=O)c4ccccc4C3=O)cc2)C2CCCCC2)cc1. The van der Waals surface area contributed by atoms with Crippen molar-refractivity contribution in [1.29, 1.82) is 0 Å². The van der Waals surface area contributed by atoms with Gasteiger partial charge in [-0.3, -0.25) is 33.8 Å². The quantitative estimate of drug-likeness (QED) is 0.0287. The number of fused-ring (bicyclic) bond motifs is 2. The average Bonchev–Trinajstić information content (AvgIpc) is 3.90. The first-order chi connectivity index (χ1) is 39.2. The molecule has 5 aromatic carbocycles. The number of carbonyl (C=O) groups is 5. The van der Waals surface area contributed by atoms with Crippen LogP contribution in [0, 0.1) is 0 Å². The minimum absolute atomic E-state index is 0.200. The minimum Gasteiger partial charge on any atom is -0.871 e. The van der Waals surface area contributed by atoms with E-state index in [-0.39, 0.29) is 46.3 Å². The summed E-state index contributed by atoms with van der Waals surface area (Å²) >= 11 is 0. The van der Waals surface area contributed by atoms with Crippen LogP contribution in [0.25, 0.3) is 5.57 Å². The van der Waals surface area contributed by atoms with Crippen LogP contribution < -0.4 is 19.5 Å². The van der Waals surface area contributed by atoms with Crippen LogP contribution >= 0.6 is 0 Å². The van der Waals surface area contributed by atoms with Gasteiger partial charge in [0.25, 0.3) is 23.6 Å². The van der Waals surface area contributed by atoms with Crippen molar-refractivity contribution in [3.8, 4) is 11.5 Å². The number of carbonyl (C=O) groups excluding carboxylic acids is 5. The third kappa shape index (κ3) is 11.5. The molecule has 2 saturated carbocycles. The van der Waals surface area contributed by atoms with Gasteiger partial charge in [0, 0.05) is 78.8 Å². The Bertz CT molecular complexity index is 3210. The Morgan fingerprint density at radius 1 is 0.475 bits per heavy atom. The minimum atomic E-state index is -0.224. The summed E-state index contributed by atoms with van der Waals surface area (Å²) < 4.78 is 14.7. The lowest BCUT2D eigenvalue weighted by molar-refractivity contribution is -0.488. The first kappa shape index (κ1) is 53.9. The second kappa shape index (κ2) is 24.9. The van der Waals surface area contributed by atoms with Crippen LogP contribution in [0.5, 0.6) is 11.5 Å². The maximum Gasteiger partial charge on any atom is 0.261 e. The number of ketones is 1. The highest BCUT2D eigenvalue weighted by molar-refractivity contribution is 6.39. The van der Waals surface area contributed by atoms with Gasteiger partial charge in [0.15, 0.2) is 11.8 Å². The molecular formula is C68H70N4O8. The number of amides is 4. The number of imide groups is 2. The van der Waals surface area contributed by atoms with E-state index < -0.39 is 0 Å². The van der Waals surface area contributed by atoms with E-state index in [0.717, 1.165) is 111 Å². The molecule has 12 nitrogen and oxygen atoms in total. The van der Waals surface area contributed by atoms with Gasteiger partial charge in [0.1, 0.15) is 11.5 Å². The van der Waals surface area contributed by atoms with Crippen molar-refractivity contribution >= 4 is 57.8 Å². The Morgan fingerprint density at radius 2 is 0.912 bits per heavy atom. The highest BCUT2D eigenvalue weighted by Gasteiger charge is 2.37. The largest absolute Gasteiger partial charge is 0.871 e. The van der Waals surface area contributed by atoms with Crippen LogP contribution in [-0.4, -0.2) is 87.9 Å². The summed E-state index contributed by atoms with van der Waals surface area (Å²) in [5.74, 6) is 0.355. The number of hydrogen-bond acceptors (Lipinski definition) is 9. The highest BCUT2D eigenvalue weighted by atomic mass is 16.5. The van der Waals surface area contributed by atoms with Crippen molar-refractivity contribution in [3.05, 3.63) is 190 Å². The molecule has 11 rings (SSSR count). The molecule has 0 spiro atoms. The van der Waals surface area contributed by atoms with E-state index in [0.29, 0.717) is 71.8 Å². The number of anilines is 2. The Balaban J connectivity index is 0.683. The van der Waals surface area contributed by atoms with Crippen molar-refractivity contribution in [2.75, 3.05) is 31.2 Å². The Hall–Kier alpha value is -8.12. The summed E-state index contributed by atoms with van der Waals surface area (Å²) in [6, 6.07) is 39.1. The smallest absolute Gasteiger partial charge is 0.261 e. The molecule has 12 heteroatoms.